The average Bonchev–Trinajstić information content (AvgIpc) is 2.78. The maximum atomic E-state index is 11.7. The number of rotatable bonds is 4. The molecule has 2 aromatic rings. The highest BCUT2D eigenvalue weighted by atomic mass is 32.1. The number of pyridine rings is 1. The minimum atomic E-state index is -0.0925. The first-order valence-corrected chi connectivity index (χ1v) is 5.99. The van der Waals surface area contributed by atoms with Crippen LogP contribution in [0.3, 0.4) is 0 Å². The van der Waals surface area contributed by atoms with Crippen molar-refractivity contribution in [3.63, 3.8) is 0 Å². The Labute approximate surface area is 103 Å². The van der Waals surface area contributed by atoms with E-state index in [4.69, 9.17) is 5.73 Å². The van der Waals surface area contributed by atoms with E-state index in [9.17, 15) is 4.79 Å². The third kappa shape index (κ3) is 3.33. The van der Waals surface area contributed by atoms with Crippen molar-refractivity contribution in [1.82, 2.24) is 9.97 Å². The van der Waals surface area contributed by atoms with Gasteiger partial charge in [-0.25, -0.2) is 4.98 Å². The van der Waals surface area contributed by atoms with E-state index in [0.29, 0.717) is 6.54 Å². The minimum Gasteiger partial charge on any atom is -0.326 e. The van der Waals surface area contributed by atoms with Crippen LogP contribution in [0.25, 0.3) is 0 Å². The Morgan fingerprint density at radius 2 is 2.18 bits per heavy atom. The van der Waals surface area contributed by atoms with E-state index in [0.717, 1.165) is 16.4 Å². The molecule has 0 saturated carbocycles. The largest absolute Gasteiger partial charge is 0.326 e. The van der Waals surface area contributed by atoms with Crippen molar-refractivity contribution in [3.05, 3.63) is 40.6 Å². The van der Waals surface area contributed by atoms with Gasteiger partial charge in [-0.05, 0) is 12.1 Å². The van der Waals surface area contributed by atoms with E-state index in [-0.39, 0.29) is 12.3 Å². The van der Waals surface area contributed by atoms with Gasteiger partial charge in [0.25, 0.3) is 0 Å². The average molecular weight is 248 g/mol. The number of nitrogens with one attached hydrogen (secondary N) is 1. The summed E-state index contributed by atoms with van der Waals surface area (Å²) in [6.07, 6.45) is 3.52. The van der Waals surface area contributed by atoms with Crippen molar-refractivity contribution in [1.29, 1.82) is 0 Å². The van der Waals surface area contributed by atoms with Crippen molar-refractivity contribution in [2.75, 3.05) is 5.32 Å². The Morgan fingerprint density at radius 3 is 2.82 bits per heavy atom. The molecule has 88 valence electrons. The van der Waals surface area contributed by atoms with Crippen molar-refractivity contribution < 1.29 is 4.79 Å². The van der Waals surface area contributed by atoms with Crippen LogP contribution in [-0.2, 0) is 17.8 Å². The van der Waals surface area contributed by atoms with Gasteiger partial charge in [-0.3, -0.25) is 9.78 Å². The summed E-state index contributed by atoms with van der Waals surface area (Å²) in [5.74, 6) is -0.0925. The molecule has 0 saturated heterocycles. The molecule has 0 aliphatic carbocycles. The number of nitrogens with two attached hydrogens (primary N) is 1. The van der Waals surface area contributed by atoms with Gasteiger partial charge in [-0.1, -0.05) is 0 Å². The first kappa shape index (κ1) is 11.7. The Balaban J connectivity index is 1.93. The SMILES string of the molecule is NCc1nc(CC(=O)Nc2ccncc2)cs1. The van der Waals surface area contributed by atoms with Crippen molar-refractivity contribution in [3.8, 4) is 0 Å². The highest BCUT2D eigenvalue weighted by Crippen LogP contribution is 2.10. The molecule has 0 fully saturated rings. The van der Waals surface area contributed by atoms with Gasteiger partial charge < -0.3 is 11.1 Å². The predicted molar refractivity (Wildman–Crippen MR) is 66.6 cm³/mol. The van der Waals surface area contributed by atoms with Crippen LogP contribution in [0.4, 0.5) is 5.69 Å². The Hall–Kier alpha value is -1.79. The molecular formula is C11H12N4OS. The molecule has 0 atom stereocenters. The zero-order chi connectivity index (χ0) is 12.1. The molecule has 0 aromatic carbocycles. The second-order valence-corrected chi connectivity index (χ2v) is 4.34. The number of aromatic nitrogens is 2. The fourth-order valence-corrected chi connectivity index (χ4v) is 2.00. The van der Waals surface area contributed by atoms with Crippen LogP contribution in [-0.4, -0.2) is 15.9 Å². The van der Waals surface area contributed by atoms with Gasteiger partial charge in [-0.2, -0.15) is 0 Å². The van der Waals surface area contributed by atoms with Gasteiger partial charge in [0.1, 0.15) is 5.01 Å². The summed E-state index contributed by atoms with van der Waals surface area (Å²) < 4.78 is 0. The summed E-state index contributed by atoms with van der Waals surface area (Å²) in [6.45, 7) is 0.413. The maximum absolute atomic E-state index is 11.7. The molecule has 2 rings (SSSR count). The van der Waals surface area contributed by atoms with Crippen molar-refractivity contribution >= 4 is 22.9 Å². The van der Waals surface area contributed by atoms with Crippen LogP contribution in [0.2, 0.25) is 0 Å². The lowest BCUT2D eigenvalue weighted by Gasteiger charge is -2.02. The second-order valence-electron chi connectivity index (χ2n) is 3.40. The molecule has 17 heavy (non-hydrogen) atoms. The maximum Gasteiger partial charge on any atom is 0.230 e. The summed E-state index contributed by atoms with van der Waals surface area (Å²) in [6, 6.07) is 3.48. The molecule has 2 aromatic heterocycles. The van der Waals surface area contributed by atoms with E-state index in [1.807, 2.05) is 5.38 Å². The summed E-state index contributed by atoms with van der Waals surface area (Å²) >= 11 is 1.47. The van der Waals surface area contributed by atoms with Crippen LogP contribution < -0.4 is 11.1 Å². The number of hydrogen-bond acceptors (Lipinski definition) is 5. The predicted octanol–water partition coefficient (Wildman–Crippen LogP) is 1.18. The number of anilines is 1. The second kappa shape index (κ2) is 5.51. The number of thiazole rings is 1. The van der Waals surface area contributed by atoms with Gasteiger partial charge in [-0.15, -0.1) is 11.3 Å². The summed E-state index contributed by atoms with van der Waals surface area (Å²) in [5.41, 5.74) is 6.95. The third-order valence-corrected chi connectivity index (χ3v) is 3.00. The van der Waals surface area contributed by atoms with Crippen LogP contribution >= 0.6 is 11.3 Å². The molecule has 1 amide bonds. The van der Waals surface area contributed by atoms with Gasteiger partial charge >= 0.3 is 0 Å². The molecule has 0 aliphatic rings. The molecule has 0 unspecified atom stereocenters. The lowest BCUT2D eigenvalue weighted by molar-refractivity contribution is -0.115. The van der Waals surface area contributed by atoms with Gasteiger partial charge in [0, 0.05) is 30.0 Å². The summed E-state index contributed by atoms with van der Waals surface area (Å²) in [7, 11) is 0. The zero-order valence-electron chi connectivity index (χ0n) is 9.09. The Kier molecular flexibility index (Phi) is 3.79. The van der Waals surface area contributed by atoms with E-state index < -0.39 is 0 Å². The summed E-state index contributed by atoms with van der Waals surface area (Å²) in [4.78, 5) is 19.8. The molecule has 6 heteroatoms. The van der Waals surface area contributed by atoms with Crippen LogP contribution in [0.1, 0.15) is 10.7 Å². The highest BCUT2D eigenvalue weighted by molar-refractivity contribution is 7.09. The monoisotopic (exact) mass is 248 g/mol. The van der Waals surface area contributed by atoms with E-state index >= 15 is 0 Å². The molecule has 0 radical (unpaired) electrons. The molecule has 0 spiro atoms. The van der Waals surface area contributed by atoms with Gasteiger partial charge in [0.2, 0.25) is 5.91 Å². The minimum absolute atomic E-state index is 0.0925. The molecule has 2 heterocycles. The highest BCUT2D eigenvalue weighted by Gasteiger charge is 2.07. The number of hydrogen-bond donors (Lipinski definition) is 2. The van der Waals surface area contributed by atoms with Crippen LogP contribution in [0.15, 0.2) is 29.9 Å². The first-order valence-electron chi connectivity index (χ1n) is 5.11. The van der Waals surface area contributed by atoms with E-state index in [1.165, 1.54) is 11.3 Å². The molecule has 5 nitrogen and oxygen atoms in total. The fourth-order valence-electron chi connectivity index (χ4n) is 1.33. The lowest BCUT2D eigenvalue weighted by Crippen LogP contribution is -2.14. The Bertz CT molecular complexity index is 497. The van der Waals surface area contributed by atoms with Crippen molar-refractivity contribution in [2.45, 2.75) is 13.0 Å². The normalized spacial score (nSPS) is 10.2. The van der Waals surface area contributed by atoms with E-state index in [2.05, 4.69) is 15.3 Å². The fraction of sp³-hybridized carbons (Fsp3) is 0.182. The third-order valence-electron chi connectivity index (χ3n) is 2.08. The topological polar surface area (TPSA) is 80.9 Å². The van der Waals surface area contributed by atoms with Gasteiger partial charge in [0.15, 0.2) is 0 Å². The summed E-state index contributed by atoms with van der Waals surface area (Å²) in [5, 5.41) is 5.47. The molecule has 0 aliphatic heterocycles. The first-order chi connectivity index (χ1) is 8.28. The van der Waals surface area contributed by atoms with Gasteiger partial charge in [0.05, 0.1) is 12.1 Å². The molecule has 3 N–H and O–H groups in total. The zero-order valence-corrected chi connectivity index (χ0v) is 9.91. The number of carbonyl (C=O) groups excluding carboxylic acids is 1. The Morgan fingerprint density at radius 1 is 1.41 bits per heavy atom. The van der Waals surface area contributed by atoms with Crippen LogP contribution in [0, 0.1) is 0 Å². The molecule has 0 bridgehead atoms. The lowest BCUT2D eigenvalue weighted by atomic mass is 10.3. The van der Waals surface area contributed by atoms with E-state index in [1.54, 1.807) is 24.5 Å². The number of nitrogens with zero attached hydrogens (tertiary/aromatic N) is 2. The van der Waals surface area contributed by atoms with Crippen molar-refractivity contribution in [2.24, 2.45) is 5.73 Å². The standard InChI is InChI=1S/C11H12N4OS/c12-6-11-15-9(7-17-11)5-10(16)14-8-1-3-13-4-2-8/h1-4,7H,5-6,12H2,(H,13,14,16). The van der Waals surface area contributed by atoms with Crippen LogP contribution in [0.5, 0.6) is 0 Å². The quantitative estimate of drug-likeness (QED) is 0.851. The number of amides is 1. The number of carbonyl (C=O) groups is 1. The smallest absolute Gasteiger partial charge is 0.230 e. The molecular weight excluding hydrogens is 236 g/mol.